The third-order valence-corrected chi connectivity index (χ3v) is 2.81. The van der Waals surface area contributed by atoms with Gasteiger partial charge in [-0.1, -0.05) is 30.3 Å². The van der Waals surface area contributed by atoms with Crippen LogP contribution in [0.5, 0.6) is 5.88 Å². The van der Waals surface area contributed by atoms with Gasteiger partial charge in [0.25, 0.3) is 0 Å². The minimum absolute atomic E-state index is 0.595. The van der Waals surface area contributed by atoms with Crippen molar-refractivity contribution in [3.63, 3.8) is 0 Å². The van der Waals surface area contributed by atoms with Gasteiger partial charge in [-0.3, -0.25) is 0 Å². The molecule has 0 fully saturated rings. The van der Waals surface area contributed by atoms with E-state index in [1.165, 1.54) is 5.56 Å². The number of aromatic nitrogens is 2. The number of benzene rings is 1. The van der Waals surface area contributed by atoms with Gasteiger partial charge in [0.05, 0.1) is 7.11 Å². The van der Waals surface area contributed by atoms with E-state index in [0.29, 0.717) is 11.8 Å². The number of hydrogen-bond acceptors (Lipinski definition) is 4. The summed E-state index contributed by atoms with van der Waals surface area (Å²) in [7, 11) is 1.61. The zero-order valence-electron chi connectivity index (χ0n) is 11.4. The van der Waals surface area contributed by atoms with Gasteiger partial charge in [0, 0.05) is 18.3 Å². The number of hydrogen-bond donors (Lipinski definition) is 1. The Hall–Kier alpha value is -2.10. The third kappa shape index (κ3) is 4.25. The zero-order chi connectivity index (χ0) is 13.5. The summed E-state index contributed by atoms with van der Waals surface area (Å²) >= 11 is 0. The maximum absolute atomic E-state index is 5.12. The molecule has 0 aliphatic carbocycles. The maximum Gasteiger partial charge on any atom is 0.226 e. The van der Waals surface area contributed by atoms with Crippen molar-refractivity contribution >= 4 is 5.95 Å². The normalized spacial score (nSPS) is 10.2. The topological polar surface area (TPSA) is 47.0 Å². The van der Waals surface area contributed by atoms with E-state index in [1.54, 1.807) is 7.11 Å². The first-order valence-corrected chi connectivity index (χ1v) is 6.45. The molecule has 1 heterocycles. The van der Waals surface area contributed by atoms with Crippen LogP contribution in [0, 0.1) is 6.92 Å². The highest BCUT2D eigenvalue weighted by atomic mass is 16.5. The molecule has 0 spiro atoms. The molecule has 0 unspecified atom stereocenters. The van der Waals surface area contributed by atoms with Gasteiger partial charge in [-0.2, -0.15) is 4.98 Å². The smallest absolute Gasteiger partial charge is 0.226 e. The molecule has 1 aromatic heterocycles. The van der Waals surface area contributed by atoms with Crippen LogP contribution in [0.25, 0.3) is 0 Å². The molecule has 1 N–H and O–H groups in total. The van der Waals surface area contributed by atoms with Crippen molar-refractivity contribution in [2.45, 2.75) is 19.8 Å². The molecule has 0 amide bonds. The van der Waals surface area contributed by atoms with Gasteiger partial charge in [-0.15, -0.1) is 0 Å². The Kier molecular flexibility index (Phi) is 4.72. The molecule has 2 aromatic rings. The van der Waals surface area contributed by atoms with Gasteiger partial charge in [0.15, 0.2) is 0 Å². The molecule has 1 aromatic carbocycles. The van der Waals surface area contributed by atoms with Crippen LogP contribution in [-0.4, -0.2) is 23.6 Å². The fourth-order valence-corrected chi connectivity index (χ4v) is 1.86. The van der Waals surface area contributed by atoms with E-state index in [-0.39, 0.29) is 0 Å². The largest absolute Gasteiger partial charge is 0.481 e. The number of aryl methyl sites for hydroxylation is 2. The fourth-order valence-electron chi connectivity index (χ4n) is 1.86. The molecule has 0 atom stereocenters. The molecular weight excluding hydrogens is 238 g/mol. The van der Waals surface area contributed by atoms with Gasteiger partial charge in [0.1, 0.15) is 0 Å². The lowest BCUT2D eigenvalue weighted by molar-refractivity contribution is 0.397. The lowest BCUT2D eigenvalue weighted by Gasteiger charge is -2.07. The van der Waals surface area contributed by atoms with Gasteiger partial charge in [0.2, 0.25) is 11.8 Å². The first-order valence-electron chi connectivity index (χ1n) is 6.45. The van der Waals surface area contributed by atoms with E-state index >= 15 is 0 Å². The van der Waals surface area contributed by atoms with E-state index in [0.717, 1.165) is 25.1 Å². The number of nitrogens with one attached hydrogen (secondary N) is 1. The Bertz CT molecular complexity index is 514. The second-order valence-electron chi connectivity index (χ2n) is 4.39. The van der Waals surface area contributed by atoms with Crippen LogP contribution in [0.2, 0.25) is 0 Å². The molecule has 0 aliphatic rings. The van der Waals surface area contributed by atoms with Gasteiger partial charge in [-0.05, 0) is 25.3 Å². The van der Waals surface area contributed by atoms with Crippen LogP contribution in [0.3, 0.4) is 0 Å². The van der Waals surface area contributed by atoms with Crippen LogP contribution in [-0.2, 0) is 6.42 Å². The Balaban J connectivity index is 1.81. The van der Waals surface area contributed by atoms with Crippen LogP contribution < -0.4 is 10.1 Å². The van der Waals surface area contributed by atoms with Crippen molar-refractivity contribution in [2.24, 2.45) is 0 Å². The van der Waals surface area contributed by atoms with Gasteiger partial charge >= 0.3 is 0 Å². The summed E-state index contributed by atoms with van der Waals surface area (Å²) in [4.78, 5) is 8.58. The van der Waals surface area contributed by atoms with Crippen molar-refractivity contribution < 1.29 is 4.74 Å². The summed E-state index contributed by atoms with van der Waals surface area (Å²) in [6, 6.07) is 12.3. The Labute approximate surface area is 113 Å². The SMILES string of the molecule is COc1cc(C)nc(NCCCc2ccccc2)n1. The van der Waals surface area contributed by atoms with E-state index in [4.69, 9.17) is 4.74 Å². The average molecular weight is 257 g/mol. The third-order valence-electron chi connectivity index (χ3n) is 2.81. The van der Waals surface area contributed by atoms with E-state index in [1.807, 2.05) is 19.1 Å². The van der Waals surface area contributed by atoms with Crippen molar-refractivity contribution in [3.8, 4) is 5.88 Å². The molecule has 100 valence electrons. The highest BCUT2D eigenvalue weighted by Gasteiger charge is 2.01. The minimum Gasteiger partial charge on any atom is -0.481 e. The second-order valence-corrected chi connectivity index (χ2v) is 4.39. The number of rotatable bonds is 6. The highest BCUT2D eigenvalue weighted by molar-refractivity contribution is 5.30. The van der Waals surface area contributed by atoms with Crippen molar-refractivity contribution in [1.82, 2.24) is 9.97 Å². The molecule has 19 heavy (non-hydrogen) atoms. The van der Waals surface area contributed by atoms with Gasteiger partial charge in [-0.25, -0.2) is 4.98 Å². The Morgan fingerprint density at radius 3 is 2.68 bits per heavy atom. The first kappa shape index (κ1) is 13.3. The lowest BCUT2D eigenvalue weighted by atomic mass is 10.1. The summed E-state index contributed by atoms with van der Waals surface area (Å²) in [5.41, 5.74) is 2.25. The summed E-state index contributed by atoms with van der Waals surface area (Å²) in [5, 5.41) is 3.23. The van der Waals surface area contributed by atoms with E-state index in [9.17, 15) is 0 Å². The second kappa shape index (κ2) is 6.73. The van der Waals surface area contributed by atoms with E-state index in [2.05, 4.69) is 39.6 Å². The van der Waals surface area contributed by atoms with Crippen LogP contribution in [0.1, 0.15) is 17.7 Å². The van der Waals surface area contributed by atoms with Crippen molar-refractivity contribution in [2.75, 3.05) is 19.0 Å². The predicted octanol–water partition coefficient (Wildman–Crippen LogP) is 2.84. The van der Waals surface area contributed by atoms with Crippen molar-refractivity contribution in [3.05, 3.63) is 47.7 Å². The molecule has 0 radical (unpaired) electrons. The standard InChI is InChI=1S/C15H19N3O/c1-12-11-14(19-2)18-15(17-12)16-10-6-9-13-7-4-3-5-8-13/h3-5,7-8,11H,6,9-10H2,1-2H3,(H,16,17,18). The fraction of sp³-hybridized carbons (Fsp3) is 0.333. The monoisotopic (exact) mass is 257 g/mol. The van der Waals surface area contributed by atoms with Crippen LogP contribution >= 0.6 is 0 Å². The number of ether oxygens (including phenoxy) is 1. The molecule has 0 bridgehead atoms. The molecule has 0 aliphatic heterocycles. The Morgan fingerprint density at radius 1 is 1.16 bits per heavy atom. The summed E-state index contributed by atoms with van der Waals surface area (Å²) in [6.07, 6.45) is 2.10. The maximum atomic E-state index is 5.12. The highest BCUT2D eigenvalue weighted by Crippen LogP contribution is 2.11. The van der Waals surface area contributed by atoms with Gasteiger partial charge < -0.3 is 10.1 Å². The summed E-state index contributed by atoms with van der Waals surface area (Å²) < 4.78 is 5.12. The number of methoxy groups -OCH3 is 1. The molecule has 0 saturated heterocycles. The Morgan fingerprint density at radius 2 is 1.95 bits per heavy atom. The van der Waals surface area contributed by atoms with E-state index < -0.39 is 0 Å². The number of nitrogens with zero attached hydrogens (tertiary/aromatic N) is 2. The van der Waals surface area contributed by atoms with Crippen molar-refractivity contribution in [1.29, 1.82) is 0 Å². The molecule has 2 rings (SSSR count). The van der Waals surface area contributed by atoms with Crippen LogP contribution in [0.4, 0.5) is 5.95 Å². The molecule has 4 nitrogen and oxygen atoms in total. The lowest BCUT2D eigenvalue weighted by Crippen LogP contribution is -2.07. The molecule has 0 saturated carbocycles. The zero-order valence-corrected chi connectivity index (χ0v) is 11.4. The number of anilines is 1. The predicted molar refractivity (Wildman–Crippen MR) is 76.6 cm³/mol. The first-order chi connectivity index (χ1) is 9.28. The van der Waals surface area contributed by atoms with Crippen LogP contribution in [0.15, 0.2) is 36.4 Å². The summed E-state index contributed by atoms with van der Waals surface area (Å²) in [6.45, 7) is 2.78. The molecule has 4 heteroatoms. The molecular formula is C15H19N3O. The summed E-state index contributed by atoms with van der Waals surface area (Å²) in [5.74, 6) is 1.22. The quantitative estimate of drug-likeness (QED) is 0.808. The minimum atomic E-state index is 0.595. The average Bonchev–Trinajstić information content (AvgIpc) is 2.44.